The molecule has 5 heteroatoms. The highest BCUT2D eigenvalue weighted by Gasteiger charge is 2.36. The van der Waals surface area contributed by atoms with E-state index in [2.05, 4.69) is 0 Å². The van der Waals surface area contributed by atoms with Crippen molar-refractivity contribution in [3.8, 4) is 0 Å². The minimum atomic E-state index is -0.255. The molecule has 0 aromatic heterocycles. The second-order valence-corrected chi connectivity index (χ2v) is 6.92. The number of halogens is 1. The van der Waals surface area contributed by atoms with Crippen LogP contribution in [0.2, 0.25) is 0 Å². The highest BCUT2D eigenvalue weighted by atomic mass is 19.1. The van der Waals surface area contributed by atoms with Gasteiger partial charge in [0, 0.05) is 38.5 Å². The van der Waals surface area contributed by atoms with Crippen molar-refractivity contribution in [2.24, 2.45) is 11.8 Å². The average molecular weight is 332 g/mol. The van der Waals surface area contributed by atoms with Gasteiger partial charge in [-0.15, -0.1) is 0 Å². The third-order valence-corrected chi connectivity index (χ3v) is 5.23. The van der Waals surface area contributed by atoms with Crippen LogP contribution in [0.5, 0.6) is 0 Å². The lowest BCUT2D eigenvalue weighted by molar-refractivity contribution is -0.142. The van der Waals surface area contributed by atoms with Crippen LogP contribution < -0.4 is 0 Å². The van der Waals surface area contributed by atoms with Gasteiger partial charge in [-0.2, -0.15) is 0 Å². The summed E-state index contributed by atoms with van der Waals surface area (Å²) in [5.74, 6) is 0.706. The molecule has 4 nitrogen and oxygen atoms in total. The number of hydrogen-bond donors (Lipinski definition) is 0. The molecule has 2 amide bonds. The topological polar surface area (TPSA) is 40.6 Å². The molecule has 0 bridgehead atoms. The molecule has 2 aliphatic rings. The zero-order chi connectivity index (χ0) is 17.1. The molecule has 0 spiro atoms. The monoisotopic (exact) mass is 332 g/mol. The molecule has 0 N–H and O–H groups in total. The first-order valence-electron chi connectivity index (χ1n) is 8.86. The fraction of sp³-hybridized carbons (Fsp3) is 0.579. The number of carbonyl (C=O) groups is 2. The normalized spacial score (nSPS) is 19.2. The highest BCUT2D eigenvalue weighted by molar-refractivity contribution is 5.80. The van der Waals surface area contributed by atoms with Crippen LogP contribution >= 0.6 is 0 Å². The Morgan fingerprint density at radius 2 is 1.75 bits per heavy atom. The maximum atomic E-state index is 13.6. The molecular formula is C19H25FN2O2. The number of nitrogens with zero attached hydrogens (tertiary/aromatic N) is 2. The lowest BCUT2D eigenvalue weighted by Gasteiger charge is -2.36. The standard InChI is InChI=1S/C19H25FN2O2/c1-14(15-6-7-15)19(24)22-12-10-21(11-13-22)18(23)9-8-16-4-2-3-5-17(16)20/h2-5,14-15H,6-13H2,1H3. The number of hydrogen-bond acceptors (Lipinski definition) is 2. The van der Waals surface area contributed by atoms with Gasteiger partial charge in [0.05, 0.1) is 0 Å². The van der Waals surface area contributed by atoms with Crippen molar-refractivity contribution in [3.63, 3.8) is 0 Å². The summed E-state index contributed by atoms with van der Waals surface area (Å²) in [5.41, 5.74) is 0.581. The van der Waals surface area contributed by atoms with Crippen molar-refractivity contribution in [1.82, 2.24) is 9.80 Å². The van der Waals surface area contributed by atoms with Gasteiger partial charge < -0.3 is 9.80 Å². The molecule has 1 saturated heterocycles. The van der Waals surface area contributed by atoms with Crippen LogP contribution in [0.15, 0.2) is 24.3 Å². The average Bonchev–Trinajstić information content (AvgIpc) is 3.45. The predicted octanol–water partition coefficient (Wildman–Crippen LogP) is 2.48. The van der Waals surface area contributed by atoms with Crippen molar-refractivity contribution in [3.05, 3.63) is 35.6 Å². The summed E-state index contributed by atoms with van der Waals surface area (Å²) >= 11 is 0. The Hall–Kier alpha value is -1.91. The lowest BCUT2D eigenvalue weighted by atomic mass is 10.0. The molecule has 1 saturated carbocycles. The van der Waals surface area contributed by atoms with Crippen LogP contribution in [0, 0.1) is 17.7 Å². The first kappa shape index (κ1) is 16.9. The van der Waals surface area contributed by atoms with Crippen molar-refractivity contribution >= 4 is 11.8 Å². The van der Waals surface area contributed by atoms with Crippen LogP contribution in [-0.4, -0.2) is 47.8 Å². The smallest absolute Gasteiger partial charge is 0.225 e. The van der Waals surface area contributed by atoms with E-state index in [4.69, 9.17) is 0 Å². The second kappa shape index (κ2) is 7.32. The fourth-order valence-electron chi connectivity index (χ4n) is 3.36. The first-order chi connectivity index (χ1) is 11.6. The molecule has 0 radical (unpaired) electrons. The Bertz CT molecular complexity index is 607. The Labute approximate surface area is 142 Å². The Balaban J connectivity index is 1.45. The summed E-state index contributed by atoms with van der Waals surface area (Å²) in [6.07, 6.45) is 3.07. The van der Waals surface area contributed by atoms with Crippen molar-refractivity contribution in [2.45, 2.75) is 32.6 Å². The maximum absolute atomic E-state index is 13.6. The first-order valence-corrected chi connectivity index (χ1v) is 8.86. The van der Waals surface area contributed by atoms with Gasteiger partial charge in [0.1, 0.15) is 5.82 Å². The third-order valence-electron chi connectivity index (χ3n) is 5.23. The van der Waals surface area contributed by atoms with Gasteiger partial charge in [0.15, 0.2) is 0 Å². The summed E-state index contributed by atoms with van der Waals surface area (Å²) in [5, 5.41) is 0. The third kappa shape index (κ3) is 3.94. The zero-order valence-electron chi connectivity index (χ0n) is 14.2. The van der Waals surface area contributed by atoms with Crippen molar-refractivity contribution < 1.29 is 14.0 Å². The number of piperazine rings is 1. The van der Waals surface area contributed by atoms with Crippen molar-refractivity contribution in [1.29, 1.82) is 0 Å². The van der Waals surface area contributed by atoms with Gasteiger partial charge in [0.2, 0.25) is 11.8 Å². The highest BCUT2D eigenvalue weighted by Crippen LogP contribution is 2.37. The molecule has 1 aromatic carbocycles. The SMILES string of the molecule is CC(C(=O)N1CCN(C(=O)CCc2ccccc2F)CC1)C1CC1. The summed E-state index contributed by atoms with van der Waals surface area (Å²) in [6, 6.07) is 6.58. The summed E-state index contributed by atoms with van der Waals surface area (Å²) < 4.78 is 13.6. The van der Waals surface area contributed by atoms with E-state index >= 15 is 0 Å². The minimum Gasteiger partial charge on any atom is -0.339 e. The zero-order valence-corrected chi connectivity index (χ0v) is 14.2. The maximum Gasteiger partial charge on any atom is 0.225 e. The van der Waals surface area contributed by atoms with Crippen LogP contribution in [0.3, 0.4) is 0 Å². The van der Waals surface area contributed by atoms with E-state index in [9.17, 15) is 14.0 Å². The second-order valence-electron chi connectivity index (χ2n) is 6.92. The number of rotatable bonds is 5. The van der Waals surface area contributed by atoms with Crippen LogP contribution in [-0.2, 0) is 16.0 Å². The number of amides is 2. The molecule has 2 fully saturated rings. The number of aryl methyl sites for hydroxylation is 1. The van der Waals surface area contributed by atoms with Gasteiger partial charge >= 0.3 is 0 Å². The predicted molar refractivity (Wildman–Crippen MR) is 89.8 cm³/mol. The molecule has 1 atom stereocenters. The molecular weight excluding hydrogens is 307 g/mol. The Morgan fingerprint density at radius 3 is 2.38 bits per heavy atom. The molecule has 1 aliphatic carbocycles. The molecule has 1 aliphatic heterocycles. The molecule has 1 aromatic rings. The van der Waals surface area contributed by atoms with E-state index in [1.807, 2.05) is 11.8 Å². The van der Waals surface area contributed by atoms with Crippen LogP contribution in [0.25, 0.3) is 0 Å². The van der Waals surface area contributed by atoms with E-state index in [0.29, 0.717) is 50.5 Å². The summed E-state index contributed by atoms with van der Waals surface area (Å²) in [7, 11) is 0. The molecule has 130 valence electrons. The van der Waals surface area contributed by atoms with Gasteiger partial charge in [-0.1, -0.05) is 25.1 Å². The molecule has 1 heterocycles. The van der Waals surface area contributed by atoms with Gasteiger partial charge in [0.25, 0.3) is 0 Å². The lowest BCUT2D eigenvalue weighted by Crippen LogP contribution is -2.52. The van der Waals surface area contributed by atoms with E-state index in [0.717, 1.165) is 0 Å². The molecule has 24 heavy (non-hydrogen) atoms. The van der Waals surface area contributed by atoms with Gasteiger partial charge in [-0.3, -0.25) is 9.59 Å². The number of benzene rings is 1. The summed E-state index contributed by atoms with van der Waals surface area (Å²) in [4.78, 5) is 28.4. The Kier molecular flexibility index (Phi) is 5.17. The molecule has 1 unspecified atom stereocenters. The number of carbonyl (C=O) groups excluding carboxylic acids is 2. The van der Waals surface area contributed by atoms with Crippen LogP contribution in [0.1, 0.15) is 31.7 Å². The van der Waals surface area contributed by atoms with Crippen molar-refractivity contribution in [2.75, 3.05) is 26.2 Å². The minimum absolute atomic E-state index is 0.0422. The largest absolute Gasteiger partial charge is 0.339 e. The van der Waals surface area contributed by atoms with E-state index in [-0.39, 0.29) is 23.5 Å². The van der Waals surface area contributed by atoms with Crippen LogP contribution in [0.4, 0.5) is 4.39 Å². The van der Waals surface area contributed by atoms with E-state index < -0.39 is 0 Å². The Morgan fingerprint density at radius 1 is 1.12 bits per heavy atom. The van der Waals surface area contributed by atoms with E-state index in [1.165, 1.54) is 18.9 Å². The van der Waals surface area contributed by atoms with Gasteiger partial charge in [-0.25, -0.2) is 4.39 Å². The fourth-order valence-corrected chi connectivity index (χ4v) is 3.36. The summed E-state index contributed by atoms with van der Waals surface area (Å²) in [6.45, 7) is 4.41. The van der Waals surface area contributed by atoms with E-state index in [1.54, 1.807) is 23.1 Å². The van der Waals surface area contributed by atoms with Gasteiger partial charge in [-0.05, 0) is 36.8 Å². The quantitative estimate of drug-likeness (QED) is 0.831. The molecule has 3 rings (SSSR count).